The summed E-state index contributed by atoms with van der Waals surface area (Å²) in [4.78, 5) is 0.0509. The predicted molar refractivity (Wildman–Crippen MR) is 24.1 cm³/mol. The van der Waals surface area contributed by atoms with E-state index < -0.39 is 10.0 Å². The predicted octanol–water partition coefficient (Wildman–Crippen LogP) is -0.546. The van der Waals surface area contributed by atoms with E-state index in [1.54, 1.807) is 0 Å². The van der Waals surface area contributed by atoms with Crippen LogP contribution in [0.15, 0.2) is 4.52 Å². The van der Waals surface area contributed by atoms with E-state index in [9.17, 15) is 13.6 Å². The first kappa shape index (κ1) is 5.49. The van der Waals surface area contributed by atoms with Crippen LogP contribution in [0.5, 0.6) is 0 Å². The SMILES string of the molecule is O=S1(=O)C[CH][N+]([O-])=N1. The number of sulfonamides is 1. The van der Waals surface area contributed by atoms with Gasteiger partial charge >= 0.3 is 10.0 Å². The second-order valence-electron chi connectivity index (χ2n) is 1.32. The molecule has 0 fully saturated rings. The number of hydroxylamine groups is 1. The van der Waals surface area contributed by atoms with Crippen molar-refractivity contribution >= 4 is 10.0 Å². The Morgan fingerprint density at radius 2 is 2.38 bits per heavy atom. The lowest BCUT2D eigenvalue weighted by atomic mass is 10.8. The van der Waals surface area contributed by atoms with Gasteiger partial charge in [0.15, 0.2) is 0 Å². The van der Waals surface area contributed by atoms with Crippen LogP contribution in [0.25, 0.3) is 0 Å². The molecular formula is C2H3N2O3S. The van der Waals surface area contributed by atoms with Crippen LogP contribution in [0.4, 0.5) is 0 Å². The van der Waals surface area contributed by atoms with E-state index in [0.29, 0.717) is 0 Å². The number of hydrogen-bond acceptors (Lipinski definition) is 3. The van der Waals surface area contributed by atoms with E-state index in [-0.39, 0.29) is 10.6 Å². The maximum absolute atomic E-state index is 10.2. The first-order valence-electron chi connectivity index (χ1n) is 1.85. The molecule has 0 atom stereocenters. The summed E-state index contributed by atoms with van der Waals surface area (Å²) in [7, 11) is -3.41. The fourth-order valence-electron chi connectivity index (χ4n) is 0.347. The maximum atomic E-state index is 10.2. The van der Waals surface area contributed by atoms with Gasteiger partial charge in [0, 0.05) is 0 Å². The molecule has 8 heavy (non-hydrogen) atoms. The lowest BCUT2D eigenvalue weighted by Gasteiger charge is -1.80. The Kier molecular flexibility index (Phi) is 0.968. The molecule has 1 radical (unpaired) electrons. The summed E-state index contributed by atoms with van der Waals surface area (Å²) in [5, 5.41) is 9.97. The van der Waals surface area contributed by atoms with E-state index in [4.69, 9.17) is 0 Å². The lowest BCUT2D eigenvalue weighted by Crippen LogP contribution is -1.93. The van der Waals surface area contributed by atoms with Gasteiger partial charge in [-0.3, -0.25) is 0 Å². The normalized spacial score (nSPS) is 25.2. The average Bonchev–Trinajstić information content (AvgIpc) is 1.82. The first-order valence-corrected chi connectivity index (χ1v) is 3.46. The maximum Gasteiger partial charge on any atom is 0.315 e. The van der Waals surface area contributed by atoms with Crippen LogP contribution in [0.1, 0.15) is 0 Å². The standard InChI is InChI=1S/C2H3N2O3S/c5-4-1-2-8(6,7)3-4/h1H,2H2. The number of nitrogens with zero attached hydrogens (tertiary/aromatic N) is 2. The fourth-order valence-corrected chi connectivity index (χ4v) is 1.04. The Morgan fingerprint density at radius 3 is 2.50 bits per heavy atom. The molecule has 5 nitrogen and oxygen atoms in total. The minimum Gasteiger partial charge on any atom is -0.599 e. The van der Waals surface area contributed by atoms with Crippen molar-refractivity contribution in [3.8, 4) is 0 Å². The minimum absolute atomic E-state index is 0.0509. The summed E-state index contributed by atoms with van der Waals surface area (Å²) in [5.41, 5.74) is 0. The zero-order valence-corrected chi connectivity index (χ0v) is 4.63. The molecule has 0 aromatic carbocycles. The molecule has 0 spiro atoms. The topological polar surface area (TPSA) is 72.6 Å². The van der Waals surface area contributed by atoms with Crippen LogP contribution in [-0.4, -0.2) is 19.0 Å². The fraction of sp³-hybridized carbons (Fsp3) is 0.500. The lowest BCUT2D eigenvalue weighted by molar-refractivity contribution is -0.470. The Labute approximate surface area is 46.3 Å². The van der Waals surface area contributed by atoms with Crippen LogP contribution in [0, 0.1) is 11.8 Å². The zero-order valence-electron chi connectivity index (χ0n) is 3.81. The summed E-state index contributed by atoms with van der Waals surface area (Å²) in [5.74, 6) is -0.267. The molecule has 1 aliphatic heterocycles. The van der Waals surface area contributed by atoms with Crippen LogP contribution < -0.4 is 0 Å². The molecule has 1 aliphatic rings. The molecule has 6 heteroatoms. The van der Waals surface area contributed by atoms with E-state index in [1.807, 2.05) is 0 Å². The van der Waals surface area contributed by atoms with E-state index in [0.717, 1.165) is 6.54 Å². The summed E-state index contributed by atoms with van der Waals surface area (Å²) in [6.45, 7) is 0.954. The quantitative estimate of drug-likeness (QED) is 0.330. The average molecular weight is 135 g/mol. The molecule has 45 valence electrons. The van der Waals surface area contributed by atoms with Gasteiger partial charge in [0.05, 0.1) is 0 Å². The van der Waals surface area contributed by atoms with Gasteiger partial charge in [-0.05, 0) is 0 Å². The minimum atomic E-state index is -3.41. The molecule has 1 rings (SSSR count). The van der Waals surface area contributed by atoms with Gasteiger partial charge in [-0.1, -0.05) is 4.86 Å². The third-order valence-electron chi connectivity index (χ3n) is 0.646. The molecule has 0 amide bonds. The number of rotatable bonds is 0. The van der Waals surface area contributed by atoms with Gasteiger partial charge in [0.1, 0.15) is 10.3 Å². The highest BCUT2D eigenvalue weighted by atomic mass is 32.2. The summed E-state index contributed by atoms with van der Waals surface area (Å²) < 4.78 is 23.1. The monoisotopic (exact) mass is 135 g/mol. The van der Waals surface area contributed by atoms with Crippen molar-refractivity contribution in [3.05, 3.63) is 11.8 Å². The van der Waals surface area contributed by atoms with Crippen molar-refractivity contribution in [3.63, 3.8) is 0 Å². The van der Waals surface area contributed by atoms with Crippen molar-refractivity contribution in [1.29, 1.82) is 0 Å². The molecule has 1 heterocycles. The van der Waals surface area contributed by atoms with Gasteiger partial charge in [-0.2, -0.15) is 8.42 Å². The Hall–Kier alpha value is -0.650. The third-order valence-corrected chi connectivity index (χ3v) is 1.63. The van der Waals surface area contributed by atoms with Crippen molar-refractivity contribution in [2.45, 2.75) is 0 Å². The molecule has 0 aromatic heterocycles. The summed E-state index contributed by atoms with van der Waals surface area (Å²) >= 11 is 0. The Bertz CT molecular complexity index is 215. The molecule has 0 bridgehead atoms. The van der Waals surface area contributed by atoms with Crippen LogP contribution in [0.2, 0.25) is 0 Å². The highest BCUT2D eigenvalue weighted by Crippen LogP contribution is 2.04. The largest absolute Gasteiger partial charge is 0.599 e. The van der Waals surface area contributed by atoms with Gasteiger partial charge < -0.3 is 5.21 Å². The molecule has 0 unspecified atom stereocenters. The second-order valence-corrected chi connectivity index (χ2v) is 2.98. The Morgan fingerprint density at radius 1 is 1.75 bits per heavy atom. The van der Waals surface area contributed by atoms with Crippen molar-refractivity contribution in [1.82, 2.24) is 0 Å². The van der Waals surface area contributed by atoms with Gasteiger partial charge in [-0.15, -0.1) is 0 Å². The van der Waals surface area contributed by atoms with E-state index >= 15 is 0 Å². The highest BCUT2D eigenvalue weighted by molar-refractivity contribution is 7.90. The molecule has 0 aliphatic carbocycles. The molecule has 0 saturated heterocycles. The van der Waals surface area contributed by atoms with E-state index in [1.165, 1.54) is 0 Å². The smallest absolute Gasteiger partial charge is 0.315 e. The molecular weight excluding hydrogens is 132 g/mol. The Balaban J connectivity index is 3.00. The summed E-state index contributed by atoms with van der Waals surface area (Å²) in [6.07, 6.45) is 0. The highest BCUT2D eigenvalue weighted by Gasteiger charge is 2.24. The van der Waals surface area contributed by atoms with Gasteiger partial charge in [0.2, 0.25) is 0 Å². The molecule has 0 saturated carbocycles. The van der Waals surface area contributed by atoms with Crippen LogP contribution >= 0.6 is 0 Å². The van der Waals surface area contributed by atoms with E-state index in [2.05, 4.69) is 4.52 Å². The number of hydrogen-bond donors (Lipinski definition) is 0. The molecule has 0 aromatic rings. The van der Waals surface area contributed by atoms with Crippen LogP contribution in [0.3, 0.4) is 0 Å². The van der Waals surface area contributed by atoms with Gasteiger partial charge in [-0.25, -0.2) is 0 Å². The first-order chi connectivity index (χ1) is 3.60. The van der Waals surface area contributed by atoms with Gasteiger partial charge in [0.25, 0.3) is 6.54 Å². The zero-order chi connectivity index (χ0) is 6.20. The second kappa shape index (κ2) is 1.41. The van der Waals surface area contributed by atoms with Crippen molar-refractivity contribution in [2.24, 2.45) is 4.52 Å². The molecule has 0 N–H and O–H groups in total. The van der Waals surface area contributed by atoms with Crippen molar-refractivity contribution in [2.75, 3.05) is 5.75 Å². The third kappa shape index (κ3) is 0.945. The summed E-state index contributed by atoms with van der Waals surface area (Å²) in [6, 6.07) is 0. The van der Waals surface area contributed by atoms with Crippen LogP contribution in [-0.2, 0) is 10.0 Å². The van der Waals surface area contributed by atoms with Crippen molar-refractivity contribution < 1.29 is 13.3 Å².